The monoisotopic (exact) mass is 332 g/mol. The van der Waals surface area contributed by atoms with Crippen LogP contribution in [-0.4, -0.2) is 65.9 Å². The maximum absolute atomic E-state index is 11.1. The van der Waals surface area contributed by atoms with Gasteiger partial charge in [0.2, 0.25) is 21.7 Å². The molecule has 0 fully saturated rings. The molecule has 0 radical (unpaired) electrons. The number of carboxylic acids is 1. The van der Waals surface area contributed by atoms with E-state index >= 15 is 0 Å². The number of rotatable bonds is 7. The lowest BCUT2D eigenvalue weighted by molar-refractivity contribution is -0.137. The second kappa shape index (κ2) is 6.08. The number of carbonyl (C=O) groups is 1. The normalized spacial score (nSPS) is 13.2. The predicted molar refractivity (Wildman–Crippen MR) is 68.0 cm³/mol. The van der Waals surface area contributed by atoms with Crippen LogP contribution in [0.15, 0.2) is 0 Å². The fourth-order valence-corrected chi connectivity index (χ4v) is 2.14. The Bertz CT molecular complexity index is 766. The molecule has 0 aromatic carbocycles. The van der Waals surface area contributed by atoms with Gasteiger partial charge in [0, 0.05) is 6.04 Å². The first-order valence-electron chi connectivity index (χ1n) is 5.77. The standard InChI is InChI=1S/C7H12N10O4S/c8-4(1-5(18)19)2-16-6(10-12-14-16)7-11-13-15-17(7)3-22(9,20)21/h4H,1-3,8H2,(H,18,19)(H2,9,20,21). The lowest BCUT2D eigenvalue weighted by Crippen LogP contribution is -2.30. The molecule has 0 bridgehead atoms. The van der Waals surface area contributed by atoms with E-state index < -0.39 is 27.9 Å². The van der Waals surface area contributed by atoms with Crippen molar-refractivity contribution in [3.05, 3.63) is 0 Å². The minimum absolute atomic E-state index is 0.0170. The molecule has 1 unspecified atom stereocenters. The summed E-state index contributed by atoms with van der Waals surface area (Å²) in [4.78, 5) is 10.6. The van der Waals surface area contributed by atoms with E-state index in [9.17, 15) is 13.2 Å². The van der Waals surface area contributed by atoms with Crippen LogP contribution in [0.1, 0.15) is 6.42 Å². The number of primary sulfonamides is 1. The van der Waals surface area contributed by atoms with E-state index in [-0.39, 0.29) is 24.6 Å². The van der Waals surface area contributed by atoms with Gasteiger partial charge in [0.1, 0.15) is 0 Å². The summed E-state index contributed by atoms with van der Waals surface area (Å²) in [5.74, 6) is -1.74. The molecule has 0 saturated heterocycles. The summed E-state index contributed by atoms with van der Waals surface area (Å²) in [6, 6.07) is -0.748. The van der Waals surface area contributed by atoms with Crippen molar-refractivity contribution in [2.24, 2.45) is 10.9 Å². The summed E-state index contributed by atoms with van der Waals surface area (Å²) in [6.45, 7) is -0.0170. The van der Waals surface area contributed by atoms with E-state index in [1.165, 1.54) is 4.68 Å². The first kappa shape index (κ1) is 15.9. The van der Waals surface area contributed by atoms with Crippen molar-refractivity contribution in [3.8, 4) is 11.6 Å². The number of carboxylic acid groups (broad SMARTS) is 1. The smallest absolute Gasteiger partial charge is 0.304 e. The lowest BCUT2D eigenvalue weighted by Gasteiger charge is -2.09. The highest BCUT2D eigenvalue weighted by atomic mass is 32.2. The van der Waals surface area contributed by atoms with E-state index in [1.54, 1.807) is 0 Å². The van der Waals surface area contributed by atoms with Gasteiger partial charge in [-0.1, -0.05) is 0 Å². The predicted octanol–water partition coefficient (Wildman–Crippen LogP) is -3.63. The molecule has 0 amide bonds. The zero-order valence-electron chi connectivity index (χ0n) is 11.0. The van der Waals surface area contributed by atoms with Crippen LogP contribution in [0.2, 0.25) is 0 Å². The third kappa shape index (κ3) is 3.99. The summed E-state index contributed by atoms with van der Waals surface area (Å²) >= 11 is 0. The fraction of sp³-hybridized carbons (Fsp3) is 0.571. The van der Waals surface area contributed by atoms with E-state index in [1.807, 2.05) is 0 Å². The van der Waals surface area contributed by atoms with Gasteiger partial charge in [-0.05, 0) is 20.9 Å². The Labute approximate surface area is 123 Å². The highest BCUT2D eigenvalue weighted by Gasteiger charge is 2.21. The van der Waals surface area contributed by atoms with E-state index in [4.69, 9.17) is 16.0 Å². The van der Waals surface area contributed by atoms with Gasteiger partial charge in [-0.2, -0.15) is 0 Å². The molecule has 0 spiro atoms. The molecule has 14 nitrogen and oxygen atoms in total. The van der Waals surface area contributed by atoms with Crippen molar-refractivity contribution in [2.45, 2.75) is 24.9 Å². The van der Waals surface area contributed by atoms with Crippen LogP contribution < -0.4 is 10.9 Å². The topological polar surface area (TPSA) is 211 Å². The van der Waals surface area contributed by atoms with Gasteiger partial charge >= 0.3 is 5.97 Å². The van der Waals surface area contributed by atoms with Crippen molar-refractivity contribution >= 4 is 16.0 Å². The van der Waals surface area contributed by atoms with Gasteiger partial charge in [0.25, 0.3) is 0 Å². The van der Waals surface area contributed by atoms with Gasteiger partial charge < -0.3 is 10.8 Å². The SMILES string of the molecule is NC(CC(=O)O)Cn1nnnc1-c1nnnn1CS(N)(=O)=O. The number of tetrazole rings is 2. The van der Waals surface area contributed by atoms with Gasteiger partial charge in [-0.3, -0.25) is 4.79 Å². The second-order valence-corrected chi connectivity index (χ2v) is 5.92. The van der Waals surface area contributed by atoms with Crippen molar-refractivity contribution < 1.29 is 18.3 Å². The second-order valence-electron chi connectivity index (χ2n) is 4.34. The van der Waals surface area contributed by atoms with Crippen molar-refractivity contribution in [3.63, 3.8) is 0 Å². The molecule has 0 aliphatic rings. The Morgan fingerprint density at radius 3 is 2.27 bits per heavy atom. The molecule has 0 saturated carbocycles. The van der Waals surface area contributed by atoms with Crippen LogP contribution in [0.5, 0.6) is 0 Å². The quantitative estimate of drug-likeness (QED) is 0.450. The zero-order chi connectivity index (χ0) is 16.3. The molecule has 5 N–H and O–H groups in total. The number of sulfonamides is 1. The van der Waals surface area contributed by atoms with Crippen LogP contribution in [-0.2, 0) is 27.2 Å². The first-order chi connectivity index (χ1) is 10.3. The Balaban J connectivity index is 2.26. The average molecular weight is 332 g/mol. The fourth-order valence-electron chi connectivity index (χ4n) is 1.62. The first-order valence-corrected chi connectivity index (χ1v) is 7.48. The number of aromatic nitrogens is 8. The highest BCUT2D eigenvalue weighted by molar-refractivity contribution is 7.88. The number of hydrogen-bond acceptors (Lipinski definition) is 10. The van der Waals surface area contributed by atoms with Crippen LogP contribution in [0.3, 0.4) is 0 Å². The molecule has 2 rings (SSSR count). The summed E-state index contributed by atoms with van der Waals surface area (Å²) in [5, 5.41) is 34.8. The number of nitrogens with two attached hydrogens (primary N) is 2. The van der Waals surface area contributed by atoms with Gasteiger partial charge in [0.05, 0.1) is 13.0 Å². The summed E-state index contributed by atoms with van der Waals surface area (Å²) in [5.41, 5.74) is 5.66. The van der Waals surface area contributed by atoms with Gasteiger partial charge in [0.15, 0.2) is 5.88 Å². The molecule has 0 aliphatic heterocycles. The van der Waals surface area contributed by atoms with Crippen LogP contribution in [0, 0.1) is 0 Å². The van der Waals surface area contributed by atoms with Crippen LogP contribution >= 0.6 is 0 Å². The molecular weight excluding hydrogens is 320 g/mol. The minimum Gasteiger partial charge on any atom is -0.481 e. The van der Waals surface area contributed by atoms with Crippen molar-refractivity contribution in [1.29, 1.82) is 0 Å². The Morgan fingerprint density at radius 1 is 1.18 bits per heavy atom. The molecule has 15 heteroatoms. The maximum Gasteiger partial charge on any atom is 0.304 e. The van der Waals surface area contributed by atoms with Crippen molar-refractivity contribution in [2.75, 3.05) is 0 Å². The molecule has 2 aromatic rings. The molecular formula is C7H12N10O4S. The molecule has 1 atom stereocenters. The van der Waals surface area contributed by atoms with E-state index in [0.29, 0.717) is 0 Å². The molecule has 2 heterocycles. The van der Waals surface area contributed by atoms with Gasteiger partial charge in [-0.25, -0.2) is 22.9 Å². The average Bonchev–Trinajstić information content (AvgIpc) is 2.94. The summed E-state index contributed by atoms with van der Waals surface area (Å²) < 4.78 is 24.3. The Kier molecular flexibility index (Phi) is 4.38. The van der Waals surface area contributed by atoms with Crippen LogP contribution in [0.4, 0.5) is 0 Å². The Morgan fingerprint density at radius 2 is 1.73 bits per heavy atom. The molecule has 22 heavy (non-hydrogen) atoms. The third-order valence-corrected chi connectivity index (χ3v) is 3.01. The lowest BCUT2D eigenvalue weighted by atomic mass is 10.2. The number of nitrogens with zero attached hydrogens (tertiary/aromatic N) is 8. The number of hydrogen-bond donors (Lipinski definition) is 3. The van der Waals surface area contributed by atoms with Gasteiger partial charge in [-0.15, -0.1) is 10.2 Å². The minimum atomic E-state index is -3.87. The maximum atomic E-state index is 11.1. The molecule has 120 valence electrons. The Hall–Kier alpha value is -2.52. The zero-order valence-corrected chi connectivity index (χ0v) is 11.8. The van der Waals surface area contributed by atoms with Crippen LogP contribution in [0.25, 0.3) is 11.6 Å². The molecule has 0 aliphatic carbocycles. The highest BCUT2D eigenvalue weighted by Crippen LogP contribution is 2.12. The largest absolute Gasteiger partial charge is 0.481 e. The number of aliphatic carboxylic acids is 1. The van der Waals surface area contributed by atoms with E-state index in [2.05, 4.69) is 31.1 Å². The van der Waals surface area contributed by atoms with Crippen molar-refractivity contribution in [1.82, 2.24) is 40.4 Å². The summed E-state index contributed by atoms with van der Waals surface area (Å²) in [6.07, 6.45) is -0.290. The molecule has 2 aromatic heterocycles. The third-order valence-electron chi connectivity index (χ3n) is 2.41. The summed E-state index contributed by atoms with van der Waals surface area (Å²) in [7, 11) is -3.87. The van der Waals surface area contributed by atoms with E-state index in [0.717, 1.165) is 4.68 Å².